The first-order chi connectivity index (χ1) is 8.81. The zero-order valence-electron chi connectivity index (χ0n) is 9.71. The fourth-order valence-electron chi connectivity index (χ4n) is 1.86. The minimum atomic E-state index is 0.556. The van der Waals surface area contributed by atoms with Gasteiger partial charge < -0.3 is 5.73 Å². The van der Waals surface area contributed by atoms with Gasteiger partial charge in [-0.05, 0) is 35.0 Å². The van der Waals surface area contributed by atoms with Crippen molar-refractivity contribution in [3.05, 3.63) is 60.8 Å². The second kappa shape index (κ2) is 4.70. The van der Waals surface area contributed by atoms with Crippen LogP contribution in [0.2, 0.25) is 0 Å². The van der Waals surface area contributed by atoms with Crippen molar-refractivity contribution < 1.29 is 0 Å². The number of pyridine rings is 1. The molecule has 2 nitrogen and oxygen atoms in total. The van der Waals surface area contributed by atoms with E-state index in [-0.39, 0.29) is 0 Å². The van der Waals surface area contributed by atoms with Crippen molar-refractivity contribution in [2.75, 3.05) is 5.73 Å². The number of hydrogen-bond acceptors (Lipinski definition) is 3. The van der Waals surface area contributed by atoms with E-state index in [1.165, 1.54) is 15.7 Å². The van der Waals surface area contributed by atoms with Crippen LogP contribution in [0.25, 0.3) is 10.8 Å². The largest absolute Gasteiger partial charge is 0.384 e. The fourth-order valence-corrected chi connectivity index (χ4v) is 2.76. The van der Waals surface area contributed by atoms with Gasteiger partial charge in [-0.3, -0.25) is 0 Å². The van der Waals surface area contributed by atoms with Crippen LogP contribution >= 0.6 is 11.8 Å². The van der Waals surface area contributed by atoms with E-state index < -0.39 is 0 Å². The summed E-state index contributed by atoms with van der Waals surface area (Å²) in [4.78, 5) is 6.31. The van der Waals surface area contributed by atoms with Gasteiger partial charge in [0.15, 0.2) is 0 Å². The van der Waals surface area contributed by atoms with E-state index in [0.29, 0.717) is 5.82 Å². The van der Waals surface area contributed by atoms with Gasteiger partial charge >= 0.3 is 0 Å². The van der Waals surface area contributed by atoms with Crippen LogP contribution in [0, 0.1) is 0 Å². The molecule has 1 heterocycles. The van der Waals surface area contributed by atoms with E-state index in [4.69, 9.17) is 5.73 Å². The van der Waals surface area contributed by atoms with Crippen LogP contribution in [-0.4, -0.2) is 4.98 Å². The van der Waals surface area contributed by atoms with Crippen molar-refractivity contribution in [1.82, 2.24) is 4.98 Å². The van der Waals surface area contributed by atoms with Crippen molar-refractivity contribution in [2.45, 2.75) is 9.79 Å². The van der Waals surface area contributed by atoms with Crippen molar-refractivity contribution in [2.24, 2.45) is 0 Å². The molecule has 3 heteroatoms. The summed E-state index contributed by atoms with van der Waals surface area (Å²) in [7, 11) is 0. The first-order valence-corrected chi connectivity index (χ1v) is 6.51. The summed E-state index contributed by atoms with van der Waals surface area (Å²) in [6.45, 7) is 0. The minimum absolute atomic E-state index is 0.556. The van der Waals surface area contributed by atoms with Crippen molar-refractivity contribution in [3.8, 4) is 0 Å². The van der Waals surface area contributed by atoms with E-state index in [0.717, 1.165) is 4.90 Å². The standard InChI is InChI=1S/C15H12N2S/c16-15-10-14(7-8-17-15)18-13-6-5-11-3-1-2-4-12(11)9-13/h1-10H,(H2,16,17). The zero-order valence-corrected chi connectivity index (χ0v) is 10.5. The molecular weight excluding hydrogens is 240 g/mol. The number of fused-ring (bicyclic) bond motifs is 1. The average Bonchev–Trinajstić information content (AvgIpc) is 2.39. The van der Waals surface area contributed by atoms with Crippen LogP contribution in [0.5, 0.6) is 0 Å². The molecule has 0 saturated heterocycles. The highest BCUT2D eigenvalue weighted by Crippen LogP contribution is 2.30. The zero-order chi connectivity index (χ0) is 12.4. The number of hydrogen-bond donors (Lipinski definition) is 1. The molecule has 0 aliphatic carbocycles. The number of rotatable bonds is 2. The maximum atomic E-state index is 5.68. The van der Waals surface area contributed by atoms with Crippen molar-refractivity contribution in [1.29, 1.82) is 0 Å². The highest BCUT2D eigenvalue weighted by Gasteiger charge is 2.00. The fraction of sp³-hybridized carbons (Fsp3) is 0. The second-order valence-electron chi connectivity index (χ2n) is 4.03. The maximum absolute atomic E-state index is 5.68. The molecule has 3 aromatic rings. The SMILES string of the molecule is Nc1cc(Sc2ccc3ccccc3c2)ccn1. The highest BCUT2D eigenvalue weighted by atomic mass is 32.2. The lowest BCUT2D eigenvalue weighted by atomic mass is 10.1. The van der Waals surface area contributed by atoms with Crippen LogP contribution < -0.4 is 5.73 Å². The number of anilines is 1. The first kappa shape index (κ1) is 11.1. The van der Waals surface area contributed by atoms with Crippen molar-refractivity contribution in [3.63, 3.8) is 0 Å². The van der Waals surface area contributed by atoms with Crippen molar-refractivity contribution >= 4 is 28.4 Å². The lowest BCUT2D eigenvalue weighted by Gasteiger charge is -2.04. The van der Waals surface area contributed by atoms with E-state index in [9.17, 15) is 0 Å². The predicted octanol–water partition coefficient (Wildman–Crippen LogP) is 3.97. The number of benzene rings is 2. The Morgan fingerprint density at radius 1 is 0.833 bits per heavy atom. The molecule has 18 heavy (non-hydrogen) atoms. The molecular formula is C15H12N2S. The Balaban J connectivity index is 1.95. The van der Waals surface area contributed by atoms with Gasteiger partial charge in [0.05, 0.1) is 0 Å². The Labute approximate surface area is 110 Å². The topological polar surface area (TPSA) is 38.9 Å². The van der Waals surface area contributed by atoms with Crippen LogP contribution in [-0.2, 0) is 0 Å². The normalized spacial score (nSPS) is 10.7. The molecule has 2 aromatic carbocycles. The molecule has 0 unspecified atom stereocenters. The predicted molar refractivity (Wildman–Crippen MR) is 76.7 cm³/mol. The summed E-state index contributed by atoms with van der Waals surface area (Å²) in [5, 5.41) is 2.51. The quantitative estimate of drug-likeness (QED) is 0.750. The molecule has 0 fully saturated rings. The van der Waals surface area contributed by atoms with E-state index in [2.05, 4.69) is 47.4 Å². The van der Waals surface area contributed by atoms with Gasteiger partial charge in [-0.2, -0.15) is 0 Å². The van der Waals surface area contributed by atoms with Crippen LogP contribution in [0.3, 0.4) is 0 Å². The number of nitrogens with zero attached hydrogens (tertiary/aromatic N) is 1. The molecule has 0 amide bonds. The van der Waals surface area contributed by atoms with Gasteiger partial charge in [-0.25, -0.2) is 4.98 Å². The minimum Gasteiger partial charge on any atom is -0.384 e. The molecule has 3 rings (SSSR count). The van der Waals surface area contributed by atoms with Gasteiger partial charge in [-0.1, -0.05) is 42.1 Å². The molecule has 0 radical (unpaired) electrons. The summed E-state index contributed by atoms with van der Waals surface area (Å²) in [6, 6.07) is 18.7. The maximum Gasteiger partial charge on any atom is 0.124 e. The summed E-state index contributed by atoms with van der Waals surface area (Å²) in [5.41, 5.74) is 5.68. The summed E-state index contributed by atoms with van der Waals surface area (Å²) in [6.07, 6.45) is 1.73. The molecule has 88 valence electrons. The Kier molecular flexibility index (Phi) is 2.90. The average molecular weight is 252 g/mol. The molecule has 0 bridgehead atoms. The third-order valence-electron chi connectivity index (χ3n) is 2.71. The monoisotopic (exact) mass is 252 g/mol. The lowest BCUT2D eigenvalue weighted by molar-refractivity contribution is 1.27. The van der Waals surface area contributed by atoms with Gasteiger partial charge in [0.2, 0.25) is 0 Å². The van der Waals surface area contributed by atoms with E-state index >= 15 is 0 Å². The van der Waals surface area contributed by atoms with Crippen LogP contribution in [0.15, 0.2) is 70.6 Å². The number of nitrogens with two attached hydrogens (primary N) is 1. The summed E-state index contributed by atoms with van der Waals surface area (Å²) < 4.78 is 0. The van der Waals surface area contributed by atoms with E-state index in [1.54, 1.807) is 18.0 Å². The van der Waals surface area contributed by atoms with E-state index in [1.807, 2.05) is 12.1 Å². The molecule has 1 aromatic heterocycles. The molecule has 0 spiro atoms. The smallest absolute Gasteiger partial charge is 0.124 e. The molecule has 0 aliphatic rings. The molecule has 0 aliphatic heterocycles. The summed E-state index contributed by atoms with van der Waals surface area (Å²) in [5.74, 6) is 0.556. The highest BCUT2D eigenvalue weighted by molar-refractivity contribution is 7.99. The number of aromatic nitrogens is 1. The Morgan fingerprint density at radius 3 is 2.44 bits per heavy atom. The lowest BCUT2D eigenvalue weighted by Crippen LogP contribution is -1.88. The number of nitrogen functional groups attached to an aromatic ring is 1. The summed E-state index contributed by atoms with van der Waals surface area (Å²) >= 11 is 1.70. The van der Waals surface area contributed by atoms with Crippen LogP contribution in [0.1, 0.15) is 0 Å². The molecule has 0 saturated carbocycles. The Bertz CT molecular complexity index is 695. The first-order valence-electron chi connectivity index (χ1n) is 5.69. The Morgan fingerprint density at radius 2 is 1.61 bits per heavy atom. The van der Waals surface area contributed by atoms with Gasteiger partial charge in [0.1, 0.15) is 5.82 Å². The third-order valence-corrected chi connectivity index (χ3v) is 3.69. The third kappa shape index (κ3) is 2.31. The molecule has 2 N–H and O–H groups in total. The van der Waals surface area contributed by atoms with Gasteiger partial charge in [0.25, 0.3) is 0 Å². The van der Waals surface area contributed by atoms with Crippen LogP contribution in [0.4, 0.5) is 5.82 Å². The van der Waals surface area contributed by atoms with Gasteiger partial charge in [-0.15, -0.1) is 0 Å². The second-order valence-corrected chi connectivity index (χ2v) is 5.17. The van der Waals surface area contributed by atoms with Gasteiger partial charge in [0, 0.05) is 16.0 Å². The Hall–Kier alpha value is -2.00. The molecule has 0 atom stereocenters.